The maximum atomic E-state index is 14.2. The second-order valence-electron chi connectivity index (χ2n) is 13.8. The van der Waals surface area contributed by atoms with E-state index >= 15 is 0 Å². The number of hydrogen-bond acceptors (Lipinski definition) is 16. The highest BCUT2D eigenvalue weighted by Crippen LogP contribution is 2.56. The highest BCUT2D eigenvalue weighted by atomic mass is 31.2. The molecule has 0 atom stereocenters. The number of fused-ring (bicyclic) bond motifs is 8. The number of rotatable bonds is 24. The third-order valence-electron chi connectivity index (χ3n) is 9.35. The lowest BCUT2D eigenvalue weighted by atomic mass is 9.91. The van der Waals surface area contributed by atoms with Gasteiger partial charge in [-0.3, -0.25) is 36.2 Å². The summed E-state index contributed by atoms with van der Waals surface area (Å²) in [5.41, 5.74) is 4.24. The van der Waals surface area contributed by atoms with Crippen molar-refractivity contribution in [2.24, 2.45) is 0 Å². The summed E-state index contributed by atoms with van der Waals surface area (Å²) in [6, 6.07) is 21.7. The van der Waals surface area contributed by atoms with Crippen LogP contribution in [0.1, 0.15) is 99.9 Å². The molecule has 20 heteroatoms. The lowest BCUT2D eigenvalue weighted by Gasteiger charge is -2.26. The molecule has 0 aromatic heterocycles. The minimum atomic E-state index is -4.22. The predicted molar refractivity (Wildman–Crippen MR) is 243 cm³/mol. The van der Waals surface area contributed by atoms with Crippen LogP contribution in [-0.4, -0.2) is 52.9 Å². The maximum Gasteiger partial charge on any atom is 0.530 e. The third kappa shape index (κ3) is 13.4. The van der Waals surface area contributed by atoms with Gasteiger partial charge in [-0.25, -0.2) is 18.3 Å². The largest absolute Gasteiger partial charge is 0.530 e. The van der Waals surface area contributed by atoms with Gasteiger partial charge in [-0.05, 0) is 99.9 Å². The second kappa shape index (κ2) is 23.9. The molecule has 0 N–H and O–H groups in total. The Morgan fingerprint density at radius 2 is 0.438 bits per heavy atom. The quantitative estimate of drug-likeness (QED) is 0.0533. The van der Waals surface area contributed by atoms with Crippen molar-refractivity contribution in [2.75, 3.05) is 52.9 Å². The number of phosphoric ester groups is 4. The normalized spacial score (nSPS) is 13.4. The standard InChI is InChI=1S/C44H60O16P4/c1-9-49-61(45,50-10-2)57-41-33-21-17-22-34(41)30-36-24-19-26-38(43(36)59-63(47,53-13-5)54-14-6)32-40-28-20-27-39(44(40)60-64(48,55-15-7)56-16-8)31-37-25-18-23-35(29-33)42(37)58-62(46,51-11-3)52-12-4/h17-28H,9-16,29-32H2,1-8H3. The van der Waals surface area contributed by atoms with Crippen LogP contribution in [0, 0.1) is 0 Å². The fraction of sp³-hybridized carbons (Fsp3) is 0.455. The first kappa shape index (κ1) is 51.7. The zero-order valence-electron chi connectivity index (χ0n) is 37.7. The lowest BCUT2D eigenvalue weighted by molar-refractivity contribution is 0.165. The molecule has 64 heavy (non-hydrogen) atoms. The lowest BCUT2D eigenvalue weighted by Crippen LogP contribution is -2.11. The van der Waals surface area contributed by atoms with Gasteiger partial charge in [0.15, 0.2) is 0 Å². The number of hydrogen-bond donors (Lipinski definition) is 0. The highest BCUT2D eigenvalue weighted by molar-refractivity contribution is 7.49. The summed E-state index contributed by atoms with van der Waals surface area (Å²) in [4.78, 5) is 0. The van der Waals surface area contributed by atoms with Gasteiger partial charge in [0.2, 0.25) is 0 Å². The van der Waals surface area contributed by atoms with Crippen LogP contribution in [0.25, 0.3) is 0 Å². The summed E-state index contributed by atoms with van der Waals surface area (Å²) in [6.45, 7) is 13.7. The molecule has 0 unspecified atom stereocenters. The van der Waals surface area contributed by atoms with Crippen LogP contribution in [0.15, 0.2) is 72.8 Å². The average molecular weight is 969 g/mol. The van der Waals surface area contributed by atoms with E-state index in [0.29, 0.717) is 44.5 Å². The van der Waals surface area contributed by atoms with Crippen LogP contribution in [0.3, 0.4) is 0 Å². The van der Waals surface area contributed by atoms with E-state index in [1.165, 1.54) is 0 Å². The van der Waals surface area contributed by atoms with Gasteiger partial charge in [0.1, 0.15) is 23.0 Å². The van der Waals surface area contributed by atoms with Gasteiger partial charge in [-0.2, -0.15) is 0 Å². The van der Waals surface area contributed by atoms with E-state index in [9.17, 15) is 18.3 Å². The van der Waals surface area contributed by atoms with Gasteiger partial charge in [0.25, 0.3) is 0 Å². The monoisotopic (exact) mass is 968 g/mol. The van der Waals surface area contributed by atoms with Crippen molar-refractivity contribution in [1.82, 2.24) is 0 Å². The summed E-state index contributed by atoms with van der Waals surface area (Å²) in [7, 11) is -16.9. The van der Waals surface area contributed by atoms with Crippen molar-refractivity contribution in [1.29, 1.82) is 0 Å². The molecule has 352 valence electrons. The molecule has 4 aromatic rings. The summed E-state index contributed by atoms with van der Waals surface area (Å²) in [6.07, 6.45) is 0.291. The third-order valence-corrected chi connectivity index (χ3v) is 15.6. The highest BCUT2D eigenvalue weighted by Gasteiger charge is 2.36. The van der Waals surface area contributed by atoms with Gasteiger partial charge in [0, 0.05) is 25.7 Å². The number of phosphoric acid groups is 4. The van der Waals surface area contributed by atoms with Gasteiger partial charge in [-0.15, -0.1) is 0 Å². The second-order valence-corrected chi connectivity index (χ2v) is 20.2. The van der Waals surface area contributed by atoms with Gasteiger partial charge in [0.05, 0.1) is 52.9 Å². The van der Waals surface area contributed by atoms with Crippen molar-refractivity contribution in [3.8, 4) is 23.0 Å². The van der Waals surface area contributed by atoms with Crippen molar-refractivity contribution in [3.63, 3.8) is 0 Å². The van der Waals surface area contributed by atoms with Crippen molar-refractivity contribution in [2.45, 2.75) is 81.1 Å². The zero-order valence-corrected chi connectivity index (χ0v) is 41.3. The first-order valence-corrected chi connectivity index (χ1v) is 27.4. The topological polar surface area (TPSA) is 179 Å². The molecule has 0 amide bonds. The Hall–Kier alpha value is -3.32. The van der Waals surface area contributed by atoms with Gasteiger partial charge in [-0.1, -0.05) is 72.8 Å². The molecule has 5 rings (SSSR count). The summed E-state index contributed by atoms with van der Waals surface area (Å²) in [5.74, 6) is 0.747. The van der Waals surface area contributed by atoms with Crippen molar-refractivity contribution >= 4 is 31.3 Å². The van der Waals surface area contributed by atoms with E-state index in [0.717, 1.165) is 0 Å². The first-order valence-electron chi connectivity index (χ1n) is 21.5. The molecule has 0 radical (unpaired) electrons. The molecule has 4 aromatic carbocycles. The fourth-order valence-corrected chi connectivity index (χ4v) is 12.1. The Balaban J connectivity index is 1.88. The summed E-state index contributed by atoms with van der Waals surface area (Å²) >= 11 is 0. The summed E-state index contributed by atoms with van der Waals surface area (Å²) < 4.78 is 127. The Labute approximate surface area is 376 Å². The molecule has 1 aliphatic rings. The van der Waals surface area contributed by atoms with Crippen molar-refractivity contribution < 1.29 is 72.5 Å². The molecule has 0 aliphatic heterocycles. The summed E-state index contributed by atoms with van der Waals surface area (Å²) in [5, 5.41) is 0. The van der Waals surface area contributed by atoms with E-state index in [1.807, 2.05) is 24.3 Å². The Kier molecular flexibility index (Phi) is 19.3. The molecule has 16 nitrogen and oxygen atoms in total. The molecular formula is C44H60O16P4. The van der Waals surface area contributed by atoms with E-state index in [4.69, 9.17) is 54.3 Å². The molecule has 1 aliphatic carbocycles. The first-order chi connectivity index (χ1) is 30.7. The van der Waals surface area contributed by atoms with E-state index in [2.05, 4.69) is 0 Å². The van der Waals surface area contributed by atoms with Crippen LogP contribution in [0.2, 0.25) is 0 Å². The molecule has 0 spiro atoms. The van der Waals surface area contributed by atoms with E-state index in [-0.39, 0.29) is 102 Å². The molecule has 0 heterocycles. The molecule has 0 saturated heterocycles. The zero-order chi connectivity index (χ0) is 46.4. The number of para-hydroxylation sites is 4. The van der Waals surface area contributed by atoms with Gasteiger partial charge >= 0.3 is 31.3 Å². The fourth-order valence-electron chi connectivity index (χ4n) is 7.03. The van der Waals surface area contributed by atoms with Crippen LogP contribution in [-0.2, 0) is 80.1 Å². The average Bonchev–Trinajstić information content (AvgIpc) is 3.23. The smallest absolute Gasteiger partial charge is 0.403 e. The maximum absolute atomic E-state index is 14.2. The Bertz CT molecular complexity index is 1920. The van der Waals surface area contributed by atoms with Gasteiger partial charge < -0.3 is 18.1 Å². The Morgan fingerprint density at radius 1 is 0.297 bits per heavy atom. The van der Waals surface area contributed by atoms with Crippen molar-refractivity contribution in [3.05, 3.63) is 117 Å². The van der Waals surface area contributed by atoms with Crippen LogP contribution >= 0.6 is 31.3 Å². The predicted octanol–water partition coefficient (Wildman–Crippen LogP) is 12.6. The SMILES string of the molecule is CCOP(=O)(OCC)Oc1c2cccc1Cc1cccc(c1OP(=O)(OCC)OCC)Cc1cccc(c1OP(=O)(OCC)OCC)Cc1cccc(c1OP(=O)(OCC)OCC)C2. The molecule has 8 bridgehead atoms. The number of benzene rings is 4. The van der Waals surface area contributed by atoms with E-state index in [1.54, 1.807) is 104 Å². The Morgan fingerprint density at radius 3 is 0.562 bits per heavy atom. The van der Waals surface area contributed by atoms with Crippen LogP contribution in [0.5, 0.6) is 23.0 Å². The van der Waals surface area contributed by atoms with E-state index < -0.39 is 31.3 Å². The molecular weight excluding hydrogens is 908 g/mol. The molecule has 0 saturated carbocycles. The minimum Gasteiger partial charge on any atom is -0.403 e. The minimum absolute atomic E-state index is 0.0274. The molecule has 0 fully saturated rings. The van der Waals surface area contributed by atoms with Crippen LogP contribution in [0.4, 0.5) is 0 Å². The van der Waals surface area contributed by atoms with Crippen LogP contribution < -0.4 is 18.1 Å².